The van der Waals surface area contributed by atoms with Gasteiger partial charge in [-0.25, -0.2) is 0 Å². The normalized spacial score (nSPS) is 17.8. The summed E-state index contributed by atoms with van der Waals surface area (Å²) in [5.74, 6) is 0.703. The maximum atomic E-state index is 11.7. The molecule has 1 aliphatic carbocycles. The molecule has 1 aromatic rings. The lowest BCUT2D eigenvalue weighted by Crippen LogP contribution is -1.94. The van der Waals surface area contributed by atoms with Crippen molar-refractivity contribution in [3.63, 3.8) is 0 Å². The molecule has 0 atom stereocenters. The molecule has 0 unspecified atom stereocenters. The highest BCUT2D eigenvalue weighted by atomic mass is 16.5. The van der Waals surface area contributed by atoms with Crippen LogP contribution in [0.5, 0.6) is 11.5 Å². The predicted molar refractivity (Wildman–Crippen MR) is 66.0 cm³/mol. The van der Waals surface area contributed by atoms with Crippen LogP contribution in [0.15, 0.2) is 35.9 Å². The molecule has 0 aliphatic heterocycles. The van der Waals surface area contributed by atoms with E-state index < -0.39 is 0 Å². The largest absolute Gasteiger partial charge is 0.507 e. The molecule has 1 fully saturated rings. The van der Waals surface area contributed by atoms with Gasteiger partial charge in [0.2, 0.25) is 0 Å². The van der Waals surface area contributed by atoms with Gasteiger partial charge in [0.1, 0.15) is 11.5 Å². The van der Waals surface area contributed by atoms with Crippen LogP contribution in [-0.2, 0) is 4.79 Å². The molecule has 0 spiro atoms. The fourth-order valence-electron chi connectivity index (χ4n) is 1.84. The van der Waals surface area contributed by atoms with Crippen molar-refractivity contribution in [1.29, 1.82) is 0 Å². The molecule has 1 N–H and O–H groups in total. The molecule has 1 saturated carbocycles. The molecule has 1 aromatic carbocycles. The molecule has 88 valence electrons. The molecular formula is C14H14O3. The summed E-state index contributed by atoms with van der Waals surface area (Å²) in [4.78, 5) is 11.7. The minimum Gasteiger partial charge on any atom is -0.507 e. The SMILES string of the molecule is C=C1CCC(=Cc2ccc(OC)cc2O)C1=O. The van der Waals surface area contributed by atoms with Crippen LogP contribution in [0.25, 0.3) is 6.08 Å². The Labute approximate surface area is 100 Å². The van der Waals surface area contributed by atoms with Gasteiger partial charge < -0.3 is 9.84 Å². The van der Waals surface area contributed by atoms with Crippen LogP contribution in [0, 0.1) is 0 Å². The Morgan fingerprint density at radius 2 is 2.18 bits per heavy atom. The van der Waals surface area contributed by atoms with E-state index in [4.69, 9.17) is 4.74 Å². The molecule has 3 nitrogen and oxygen atoms in total. The average Bonchev–Trinajstić information content (AvgIpc) is 2.63. The fourth-order valence-corrected chi connectivity index (χ4v) is 1.84. The van der Waals surface area contributed by atoms with Crippen LogP contribution < -0.4 is 4.74 Å². The molecule has 0 heterocycles. The quantitative estimate of drug-likeness (QED) is 0.794. The number of carbonyl (C=O) groups is 1. The number of ketones is 1. The fraction of sp³-hybridized carbons (Fsp3) is 0.214. The van der Waals surface area contributed by atoms with Crippen molar-refractivity contribution >= 4 is 11.9 Å². The second-order valence-electron chi connectivity index (χ2n) is 4.03. The number of Topliss-reactive ketones (excluding diaryl/α,β-unsaturated/α-hetero) is 1. The van der Waals surface area contributed by atoms with E-state index in [2.05, 4.69) is 6.58 Å². The Bertz CT molecular complexity index is 512. The molecule has 0 saturated heterocycles. The molecule has 2 rings (SSSR count). The van der Waals surface area contributed by atoms with Gasteiger partial charge in [-0.2, -0.15) is 0 Å². The third-order valence-corrected chi connectivity index (χ3v) is 2.88. The summed E-state index contributed by atoms with van der Waals surface area (Å²) in [6, 6.07) is 5.01. The van der Waals surface area contributed by atoms with Crippen LogP contribution in [0.2, 0.25) is 0 Å². The number of allylic oxidation sites excluding steroid dienone is 2. The highest BCUT2D eigenvalue weighted by molar-refractivity contribution is 6.13. The van der Waals surface area contributed by atoms with Gasteiger partial charge in [0.25, 0.3) is 0 Å². The summed E-state index contributed by atoms with van der Waals surface area (Å²) in [5, 5.41) is 9.78. The Kier molecular flexibility index (Phi) is 3.00. The summed E-state index contributed by atoms with van der Waals surface area (Å²) in [6.45, 7) is 3.70. The van der Waals surface area contributed by atoms with Crippen molar-refractivity contribution in [1.82, 2.24) is 0 Å². The maximum absolute atomic E-state index is 11.7. The minimum absolute atomic E-state index is 0.000202. The average molecular weight is 230 g/mol. The van der Waals surface area contributed by atoms with E-state index in [0.717, 1.165) is 0 Å². The van der Waals surface area contributed by atoms with Crippen molar-refractivity contribution in [3.05, 3.63) is 41.5 Å². The molecular weight excluding hydrogens is 216 g/mol. The van der Waals surface area contributed by atoms with Gasteiger partial charge in [0, 0.05) is 17.2 Å². The minimum atomic E-state index is 0.000202. The monoisotopic (exact) mass is 230 g/mol. The van der Waals surface area contributed by atoms with Crippen LogP contribution in [0.3, 0.4) is 0 Å². The summed E-state index contributed by atoms with van der Waals surface area (Å²) in [7, 11) is 1.54. The van der Waals surface area contributed by atoms with E-state index in [1.807, 2.05) is 0 Å². The lowest BCUT2D eigenvalue weighted by molar-refractivity contribution is -0.111. The van der Waals surface area contributed by atoms with Gasteiger partial charge in [-0.1, -0.05) is 6.58 Å². The summed E-state index contributed by atoms with van der Waals surface area (Å²) in [5.41, 5.74) is 1.98. The number of hydrogen-bond donors (Lipinski definition) is 1. The second kappa shape index (κ2) is 4.45. The Morgan fingerprint density at radius 3 is 2.71 bits per heavy atom. The molecule has 0 amide bonds. The predicted octanol–water partition coefficient (Wildman–Crippen LogP) is 2.70. The van der Waals surface area contributed by atoms with Crippen molar-refractivity contribution in [2.45, 2.75) is 12.8 Å². The lowest BCUT2D eigenvalue weighted by Gasteiger charge is -2.04. The van der Waals surface area contributed by atoms with Crippen molar-refractivity contribution in [3.8, 4) is 11.5 Å². The number of aromatic hydroxyl groups is 1. The molecule has 3 heteroatoms. The first-order chi connectivity index (χ1) is 8.11. The van der Waals surface area contributed by atoms with Crippen molar-refractivity contribution < 1.29 is 14.6 Å². The van der Waals surface area contributed by atoms with Gasteiger partial charge in [-0.15, -0.1) is 0 Å². The number of ether oxygens (including phenoxy) is 1. The van der Waals surface area contributed by atoms with E-state index in [9.17, 15) is 9.90 Å². The number of hydrogen-bond acceptors (Lipinski definition) is 3. The highest BCUT2D eigenvalue weighted by Crippen LogP contribution is 2.30. The van der Waals surface area contributed by atoms with Crippen LogP contribution in [0.1, 0.15) is 18.4 Å². The summed E-state index contributed by atoms with van der Waals surface area (Å²) in [6.07, 6.45) is 3.13. The Morgan fingerprint density at radius 1 is 1.41 bits per heavy atom. The Hall–Kier alpha value is -2.03. The van der Waals surface area contributed by atoms with Crippen molar-refractivity contribution in [2.75, 3.05) is 7.11 Å². The van der Waals surface area contributed by atoms with E-state index in [0.29, 0.717) is 35.3 Å². The van der Waals surface area contributed by atoms with Gasteiger partial charge in [-0.05, 0) is 36.6 Å². The molecule has 1 aliphatic rings. The molecule has 0 aromatic heterocycles. The zero-order valence-corrected chi connectivity index (χ0v) is 9.69. The smallest absolute Gasteiger partial charge is 0.184 e. The van der Waals surface area contributed by atoms with Gasteiger partial charge in [0.05, 0.1) is 7.11 Å². The highest BCUT2D eigenvalue weighted by Gasteiger charge is 2.21. The number of benzene rings is 1. The van der Waals surface area contributed by atoms with E-state index >= 15 is 0 Å². The van der Waals surface area contributed by atoms with Gasteiger partial charge >= 0.3 is 0 Å². The number of rotatable bonds is 2. The summed E-state index contributed by atoms with van der Waals surface area (Å²) < 4.78 is 5.00. The van der Waals surface area contributed by atoms with E-state index in [-0.39, 0.29) is 11.5 Å². The molecule has 0 bridgehead atoms. The van der Waals surface area contributed by atoms with Gasteiger partial charge in [-0.3, -0.25) is 4.79 Å². The summed E-state index contributed by atoms with van der Waals surface area (Å²) >= 11 is 0. The topological polar surface area (TPSA) is 46.5 Å². The molecule has 17 heavy (non-hydrogen) atoms. The third-order valence-electron chi connectivity index (χ3n) is 2.88. The number of phenolic OH excluding ortho intramolecular Hbond substituents is 1. The number of methoxy groups -OCH3 is 1. The van der Waals surface area contributed by atoms with Crippen molar-refractivity contribution in [2.24, 2.45) is 0 Å². The maximum Gasteiger partial charge on any atom is 0.184 e. The van der Waals surface area contributed by atoms with Gasteiger partial charge in [0.15, 0.2) is 5.78 Å². The molecule has 0 radical (unpaired) electrons. The third kappa shape index (κ3) is 2.23. The van der Waals surface area contributed by atoms with Crippen LogP contribution >= 0.6 is 0 Å². The number of phenols is 1. The second-order valence-corrected chi connectivity index (χ2v) is 4.03. The number of carbonyl (C=O) groups excluding carboxylic acids is 1. The lowest BCUT2D eigenvalue weighted by atomic mass is 10.1. The standard InChI is InChI=1S/C14H14O3/c1-9-3-4-11(14(9)16)7-10-5-6-12(17-2)8-13(10)15/h5-8,15H,1,3-4H2,2H3. The first-order valence-electron chi connectivity index (χ1n) is 5.42. The van der Waals surface area contributed by atoms with E-state index in [1.165, 1.54) is 13.2 Å². The van der Waals surface area contributed by atoms with Crippen LogP contribution in [0.4, 0.5) is 0 Å². The van der Waals surface area contributed by atoms with E-state index in [1.54, 1.807) is 18.2 Å². The first-order valence-corrected chi connectivity index (χ1v) is 5.42. The van der Waals surface area contributed by atoms with Crippen LogP contribution in [-0.4, -0.2) is 18.0 Å². The Balaban J connectivity index is 2.33. The first kappa shape index (κ1) is 11.5. The zero-order valence-electron chi connectivity index (χ0n) is 9.69. The zero-order chi connectivity index (χ0) is 12.4.